The van der Waals surface area contributed by atoms with Crippen molar-refractivity contribution in [3.8, 4) is 5.75 Å². The molecule has 0 aliphatic heterocycles. The molecule has 2 aromatic rings. The van der Waals surface area contributed by atoms with Crippen LogP contribution in [0.25, 0.3) is 0 Å². The predicted octanol–water partition coefficient (Wildman–Crippen LogP) is 3.75. The third-order valence-corrected chi connectivity index (χ3v) is 3.71. The zero-order valence-corrected chi connectivity index (χ0v) is 13.7. The number of ether oxygens (including phenoxy) is 1. The number of hydrogen-bond acceptors (Lipinski definition) is 3. The first-order valence-corrected chi connectivity index (χ1v) is 7.49. The molecular weight excluding hydrogens is 262 g/mol. The summed E-state index contributed by atoms with van der Waals surface area (Å²) in [7, 11) is 1.98. The Bertz CT molecular complexity index is 617. The van der Waals surface area contributed by atoms with Gasteiger partial charge in [-0.1, -0.05) is 13.0 Å². The van der Waals surface area contributed by atoms with Gasteiger partial charge in [-0.2, -0.15) is 5.10 Å². The highest BCUT2D eigenvalue weighted by molar-refractivity contribution is 5.58. The number of aryl methyl sites for hydroxylation is 3. The summed E-state index contributed by atoms with van der Waals surface area (Å²) >= 11 is 0. The van der Waals surface area contributed by atoms with E-state index in [9.17, 15) is 0 Å². The van der Waals surface area contributed by atoms with Crippen LogP contribution < -0.4 is 10.1 Å². The van der Waals surface area contributed by atoms with E-state index < -0.39 is 0 Å². The molecule has 0 unspecified atom stereocenters. The van der Waals surface area contributed by atoms with Gasteiger partial charge in [0.15, 0.2) is 0 Å². The lowest BCUT2D eigenvalue weighted by molar-refractivity contribution is 0.318. The first-order chi connectivity index (χ1) is 10.0. The summed E-state index contributed by atoms with van der Waals surface area (Å²) in [6.07, 6.45) is 1.01. The monoisotopic (exact) mass is 287 g/mol. The predicted molar refractivity (Wildman–Crippen MR) is 87.0 cm³/mol. The molecule has 1 heterocycles. The molecule has 0 atom stereocenters. The first kappa shape index (κ1) is 15.4. The molecule has 2 rings (SSSR count). The highest BCUT2D eigenvalue weighted by Crippen LogP contribution is 2.27. The minimum absolute atomic E-state index is 0.739. The van der Waals surface area contributed by atoms with Crippen LogP contribution in [-0.4, -0.2) is 16.4 Å². The minimum Gasteiger partial charge on any atom is -0.491 e. The second-order valence-electron chi connectivity index (χ2n) is 5.47. The maximum atomic E-state index is 5.84. The number of nitrogens with one attached hydrogen (secondary N) is 1. The van der Waals surface area contributed by atoms with E-state index in [0.717, 1.165) is 36.7 Å². The highest BCUT2D eigenvalue weighted by atomic mass is 16.5. The number of nitrogens with zero attached hydrogens (tertiary/aromatic N) is 2. The maximum Gasteiger partial charge on any atom is 0.142 e. The quantitative estimate of drug-likeness (QED) is 0.879. The van der Waals surface area contributed by atoms with E-state index >= 15 is 0 Å². The molecule has 4 heteroatoms. The summed E-state index contributed by atoms with van der Waals surface area (Å²) in [5, 5.41) is 7.94. The fourth-order valence-corrected chi connectivity index (χ4v) is 2.36. The van der Waals surface area contributed by atoms with Gasteiger partial charge in [-0.3, -0.25) is 4.68 Å². The van der Waals surface area contributed by atoms with Crippen LogP contribution in [0, 0.1) is 20.8 Å². The van der Waals surface area contributed by atoms with Gasteiger partial charge in [0.1, 0.15) is 5.75 Å². The molecule has 0 bridgehead atoms. The molecule has 4 nitrogen and oxygen atoms in total. The Kier molecular flexibility index (Phi) is 4.89. The molecule has 0 amide bonds. The fourth-order valence-electron chi connectivity index (χ4n) is 2.36. The number of rotatable bonds is 6. The van der Waals surface area contributed by atoms with Gasteiger partial charge in [0.05, 0.1) is 18.0 Å². The summed E-state index contributed by atoms with van der Waals surface area (Å²) in [4.78, 5) is 0. The van der Waals surface area contributed by atoms with E-state index in [2.05, 4.69) is 49.4 Å². The lowest BCUT2D eigenvalue weighted by atomic mass is 10.1. The largest absolute Gasteiger partial charge is 0.491 e. The van der Waals surface area contributed by atoms with Crippen molar-refractivity contribution >= 4 is 5.69 Å². The van der Waals surface area contributed by atoms with Crippen molar-refractivity contribution in [2.45, 2.75) is 40.7 Å². The van der Waals surface area contributed by atoms with Crippen molar-refractivity contribution in [1.82, 2.24) is 9.78 Å². The van der Waals surface area contributed by atoms with Crippen LogP contribution in [0.3, 0.4) is 0 Å². The number of aromatic nitrogens is 2. The minimum atomic E-state index is 0.739. The average molecular weight is 287 g/mol. The Morgan fingerprint density at radius 2 is 2.00 bits per heavy atom. The summed E-state index contributed by atoms with van der Waals surface area (Å²) in [6, 6.07) is 6.27. The van der Waals surface area contributed by atoms with Crippen molar-refractivity contribution in [2.75, 3.05) is 11.9 Å². The lowest BCUT2D eigenvalue weighted by Crippen LogP contribution is -2.05. The smallest absolute Gasteiger partial charge is 0.142 e. The Morgan fingerprint density at radius 3 is 2.62 bits per heavy atom. The molecular formula is C17H25N3O. The summed E-state index contributed by atoms with van der Waals surface area (Å²) in [6.45, 7) is 9.84. The Morgan fingerprint density at radius 1 is 1.24 bits per heavy atom. The molecule has 114 valence electrons. The van der Waals surface area contributed by atoms with E-state index in [1.165, 1.54) is 16.8 Å². The van der Waals surface area contributed by atoms with Gasteiger partial charge in [-0.15, -0.1) is 0 Å². The van der Waals surface area contributed by atoms with Gasteiger partial charge in [-0.25, -0.2) is 0 Å². The van der Waals surface area contributed by atoms with Gasteiger partial charge in [-0.05, 0) is 44.9 Å². The van der Waals surface area contributed by atoms with Crippen molar-refractivity contribution in [3.05, 3.63) is 40.7 Å². The van der Waals surface area contributed by atoms with Crippen LogP contribution in [0.4, 0.5) is 5.69 Å². The van der Waals surface area contributed by atoms with E-state index in [4.69, 9.17) is 4.74 Å². The molecule has 0 aliphatic rings. The van der Waals surface area contributed by atoms with Gasteiger partial charge in [0, 0.05) is 24.8 Å². The van der Waals surface area contributed by atoms with Gasteiger partial charge >= 0.3 is 0 Å². The number of anilines is 1. The molecule has 0 aliphatic carbocycles. The third-order valence-electron chi connectivity index (χ3n) is 3.71. The second-order valence-corrected chi connectivity index (χ2v) is 5.47. The summed E-state index contributed by atoms with van der Waals surface area (Å²) in [5.41, 5.74) is 5.77. The van der Waals surface area contributed by atoms with Gasteiger partial charge < -0.3 is 10.1 Å². The summed E-state index contributed by atoms with van der Waals surface area (Å²) < 4.78 is 7.76. The first-order valence-electron chi connectivity index (χ1n) is 7.49. The van der Waals surface area contributed by atoms with E-state index in [1.807, 2.05) is 18.7 Å². The van der Waals surface area contributed by atoms with Crippen LogP contribution >= 0.6 is 0 Å². The molecule has 0 saturated carbocycles. The van der Waals surface area contributed by atoms with Crippen molar-refractivity contribution in [3.63, 3.8) is 0 Å². The molecule has 1 N–H and O–H groups in total. The molecule has 0 spiro atoms. The Hall–Kier alpha value is -1.97. The van der Waals surface area contributed by atoms with Crippen LogP contribution in [0.2, 0.25) is 0 Å². The van der Waals surface area contributed by atoms with Crippen molar-refractivity contribution in [2.24, 2.45) is 7.05 Å². The second kappa shape index (κ2) is 6.66. The Labute approximate surface area is 127 Å². The zero-order chi connectivity index (χ0) is 15.4. The van der Waals surface area contributed by atoms with Crippen LogP contribution in [0.5, 0.6) is 5.75 Å². The zero-order valence-electron chi connectivity index (χ0n) is 13.7. The average Bonchev–Trinajstić information content (AvgIpc) is 2.69. The standard InChI is InChI=1S/C17H25N3O/c1-6-9-21-17-10-12(2)7-8-16(17)18-11-15-13(3)19-20(5)14(15)4/h7-8,10,18H,6,9,11H2,1-5H3. The number of hydrogen-bond donors (Lipinski definition) is 1. The Balaban J connectivity index is 2.15. The molecule has 0 radical (unpaired) electrons. The molecule has 1 aromatic heterocycles. The van der Waals surface area contributed by atoms with Gasteiger partial charge in [0.2, 0.25) is 0 Å². The van der Waals surface area contributed by atoms with Crippen molar-refractivity contribution < 1.29 is 4.74 Å². The summed E-state index contributed by atoms with van der Waals surface area (Å²) in [5.74, 6) is 0.927. The maximum absolute atomic E-state index is 5.84. The van der Waals surface area contributed by atoms with Crippen LogP contribution in [0.1, 0.15) is 35.9 Å². The van der Waals surface area contributed by atoms with E-state index in [1.54, 1.807) is 0 Å². The van der Waals surface area contributed by atoms with Crippen LogP contribution in [-0.2, 0) is 13.6 Å². The molecule has 0 saturated heterocycles. The van der Waals surface area contributed by atoms with E-state index in [-0.39, 0.29) is 0 Å². The molecule has 1 aromatic carbocycles. The number of benzene rings is 1. The van der Waals surface area contributed by atoms with E-state index in [0.29, 0.717) is 0 Å². The van der Waals surface area contributed by atoms with Crippen molar-refractivity contribution in [1.29, 1.82) is 0 Å². The topological polar surface area (TPSA) is 39.1 Å². The molecule has 21 heavy (non-hydrogen) atoms. The third kappa shape index (κ3) is 3.57. The van der Waals surface area contributed by atoms with Gasteiger partial charge in [0.25, 0.3) is 0 Å². The lowest BCUT2D eigenvalue weighted by Gasteiger charge is -2.14. The fraction of sp³-hybridized carbons (Fsp3) is 0.471. The van der Waals surface area contributed by atoms with Crippen LogP contribution in [0.15, 0.2) is 18.2 Å². The normalized spacial score (nSPS) is 10.7. The highest BCUT2D eigenvalue weighted by Gasteiger charge is 2.10. The SMILES string of the molecule is CCCOc1cc(C)ccc1NCc1c(C)nn(C)c1C. The molecule has 0 fully saturated rings.